The van der Waals surface area contributed by atoms with Crippen LogP contribution in [0.1, 0.15) is 29.7 Å². The Kier molecular flexibility index (Phi) is 4.51. The lowest BCUT2D eigenvalue weighted by atomic mass is 9.84. The Morgan fingerprint density at radius 1 is 1.32 bits per heavy atom. The lowest BCUT2D eigenvalue weighted by Gasteiger charge is -2.28. The molecule has 0 bridgehead atoms. The zero-order valence-electron chi connectivity index (χ0n) is 13.6. The summed E-state index contributed by atoms with van der Waals surface area (Å²) < 4.78 is 7.17. The molecular formula is C18H15Cl2N3O2. The molecule has 2 heterocycles. The van der Waals surface area contributed by atoms with Crippen LogP contribution >= 0.6 is 23.2 Å². The van der Waals surface area contributed by atoms with Crippen LogP contribution in [-0.4, -0.2) is 4.57 Å². The molecule has 7 heteroatoms. The Labute approximate surface area is 154 Å². The summed E-state index contributed by atoms with van der Waals surface area (Å²) in [7, 11) is 0. The Morgan fingerprint density at radius 3 is 2.52 bits per heavy atom. The highest BCUT2D eigenvalue weighted by atomic mass is 35.5. The smallest absolute Gasteiger partial charge is 0.258 e. The maximum absolute atomic E-state index is 13.1. The minimum absolute atomic E-state index is 0.0518. The maximum atomic E-state index is 13.1. The normalized spacial score (nSPS) is 16.2. The average Bonchev–Trinajstić information content (AvgIpc) is 2.54. The summed E-state index contributed by atoms with van der Waals surface area (Å²) in [6, 6.07) is 8.80. The molecule has 1 unspecified atom stereocenters. The lowest BCUT2D eigenvalue weighted by molar-refractivity contribution is 0.388. The van der Waals surface area contributed by atoms with E-state index in [9.17, 15) is 10.1 Å². The molecule has 0 saturated heterocycles. The number of halogens is 2. The average molecular weight is 376 g/mol. The van der Waals surface area contributed by atoms with Gasteiger partial charge in [-0.15, -0.1) is 0 Å². The number of fused-ring (bicyclic) bond motifs is 1. The number of hydrogen-bond donors (Lipinski definition) is 1. The summed E-state index contributed by atoms with van der Waals surface area (Å²) in [4.78, 5) is 13.1. The van der Waals surface area contributed by atoms with Gasteiger partial charge in [0.25, 0.3) is 5.56 Å². The summed E-state index contributed by atoms with van der Waals surface area (Å²) >= 11 is 12.7. The molecule has 2 aromatic rings. The number of nitrogens with zero attached hydrogens (tertiary/aromatic N) is 2. The molecule has 5 nitrogen and oxygen atoms in total. The summed E-state index contributed by atoms with van der Waals surface area (Å²) in [5.41, 5.74) is 7.33. The first-order chi connectivity index (χ1) is 11.9. The molecule has 0 spiro atoms. The third-order valence-electron chi connectivity index (χ3n) is 4.29. The molecule has 1 aliphatic heterocycles. The fraction of sp³-hybridized carbons (Fsp3) is 0.222. The summed E-state index contributed by atoms with van der Waals surface area (Å²) in [5, 5.41) is 10.3. The molecular weight excluding hydrogens is 361 g/mol. The summed E-state index contributed by atoms with van der Waals surface area (Å²) in [5.74, 6) is -0.505. The number of rotatable bonds is 2. The largest absolute Gasteiger partial charge is 0.440 e. The van der Waals surface area contributed by atoms with Crippen LogP contribution in [0.3, 0.4) is 0 Å². The number of allylic oxidation sites excluding steroid dienone is 1. The molecule has 1 aromatic carbocycles. The Hall–Kier alpha value is -2.42. The third kappa shape index (κ3) is 2.68. The van der Waals surface area contributed by atoms with E-state index in [1.807, 2.05) is 19.9 Å². The zero-order valence-corrected chi connectivity index (χ0v) is 15.1. The monoisotopic (exact) mass is 375 g/mol. The highest BCUT2D eigenvalue weighted by Gasteiger charge is 2.36. The number of aromatic nitrogens is 1. The van der Waals surface area contributed by atoms with Gasteiger partial charge in [-0.25, -0.2) is 0 Å². The van der Waals surface area contributed by atoms with Crippen molar-refractivity contribution < 1.29 is 4.74 Å². The van der Waals surface area contributed by atoms with E-state index < -0.39 is 5.92 Å². The molecule has 1 aliphatic rings. The SMILES string of the molecule is CCn1c(C)cc2c(c1=O)C(c1c(Cl)cccc1Cl)C(C#N)=C(N)O2. The van der Waals surface area contributed by atoms with Gasteiger partial charge >= 0.3 is 0 Å². The van der Waals surface area contributed by atoms with Gasteiger partial charge in [0.1, 0.15) is 17.4 Å². The van der Waals surface area contributed by atoms with Gasteiger partial charge in [-0.3, -0.25) is 4.79 Å². The van der Waals surface area contributed by atoms with E-state index in [-0.39, 0.29) is 17.0 Å². The fourth-order valence-corrected chi connectivity index (χ4v) is 3.77. The van der Waals surface area contributed by atoms with Gasteiger partial charge in [-0.05, 0) is 26.0 Å². The van der Waals surface area contributed by atoms with Crippen LogP contribution in [0, 0.1) is 18.3 Å². The molecule has 0 saturated carbocycles. The number of pyridine rings is 1. The van der Waals surface area contributed by atoms with Gasteiger partial charge in [-0.1, -0.05) is 29.3 Å². The van der Waals surface area contributed by atoms with Gasteiger partial charge in [-0.2, -0.15) is 5.26 Å². The third-order valence-corrected chi connectivity index (χ3v) is 4.95. The van der Waals surface area contributed by atoms with Crippen LogP contribution in [0.2, 0.25) is 10.0 Å². The van der Waals surface area contributed by atoms with Crippen LogP contribution in [0.5, 0.6) is 5.75 Å². The predicted molar refractivity (Wildman–Crippen MR) is 96.9 cm³/mol. The van der Waals surface area contributed by atoms with E-state index in [2.05, 4.69) is 0 Å². The molecule has 0 aliphatic carbocycles. The summed E-state index contributed by atoms with van der Waals surface area (Å²) in [6.07, 6.45) is 0. The number of hydrogen-bond acceptors (Lipinski definition) is 4. The molecule has 0 amide bonds. The lowest BCUT2D eigenvalue weighted by Crippen LogP contribution is -2.32. The molecule has 0 radical (unpaired) electrons. The van der Waals surface area contributed by atoms with Gasteiger partial charge < -0.3 is 15.0 Å². The molecule has 1 aromatic heterocycles. The van der Waals surface area contributed by atoms with Crippen LogP contribution in [-0.2, 0) is 6.54 Å². The first-order valence-electron chi connectivity index (χ1n) is 7.66. The zero-order chi connectivity index (χ0) is 18.3. The number of aryl methyl sites for hydroxylation is 1. The molecule has 0 fully saturated rings. The Bertz CT molecular complexity index is 982. The first-order valence-corrected chi connectivity index (χ1v) is 8.42. The van der Waals surface area contributed by atoms with Crippen molar-refractivity contribution in [3.63, 3.8) is 0 Å². The first kappa shape index (κ1) is 17.4. The number of nitriles is 1. The predicted octanol–water partition coefficient (Wildman–Crippen LogP) is 3.70. The Morgan fingerprint density at radius 2 is 1.96 bits per heavy atom. The second kappa shape index (κ2) is 6.47. The van der Waals surface area contributed by atoms with Crippen LogP contribution in [0.4, 0.5) is 0 Å². The van der Waals surface area contributed by atoms with Crippen LogP contribution in [0.25, 0.3) is 0 Å². The second-order valence-corrected chi connectivity index (χ2v) is 6.49. The van der Waals surface area contributed by atoms with E-state index in [1.165, 1.54) is 0 Å². The van der Waals surface area contributed by atoms with Crippen LogP contribution in [0.15, 0.2) is 40.5 Å². The second-order valence-electron chi connectivity index (χ2n) is 5.67. The van der Waals surface area contributed by atoms with E-state index in [0.29, 0.717) is 33.5 Å². The molecule has 128 valence electrons. The van der Waals surface area contributed by atoms with Crippen molar-refractivity contribution in [1.82, 2.24) is 4.57 Å². The summed E-state index contributed by atoms with van der Waals surface area (Å²) in [6.45, 7) is 4.17. The fourth-order valence-electron chi connectivity index (χ4n) is 3.15. The molecule has 3 rings (SSSR count). The van der Waals surface area contributed by atoms with Gasteiger partial charge in [0, 0.05) is 33.9 Å². The maximum Gasteiger partial charge on any atom is 0.258 e. The molecule has 1 atom stereocenters. The van der Waals surface area contributed by atoms with Crippen molar-refractivity contribution in [2.24, 2.45) is 5.73 Å². The molecule has 2 N–H and O–H groups in total. The van der Waals surface area contributed by atoms with Gasteiger partial charge in [0.2, 0.25) is 5.88 Å². The van der Waals surface area contributed by atoms with Crippen LogP contribution < -0.4 is 16.0 Å². The minimum Gasteiger partial charge on any atom is -0.440 e. The highest BCUT2D eigenvalue weighted by molar-refractivity contribution is 6.36. The topological polar surface area (TPSA) is 81.0 Å². The van der Waals surface area contributed by atoms with E-state index in [1.54, 1.807) is 28.8 Å². The van der Waals surface area contributed by atoms with Crippen molar-refractivity contribution >= 4 is 23.2 Å². The van der Waals surface area contributed by atoms with Crippen molar-refractivity contribution in [3.8, 4) is 11.8 Å². The number of nitrogens with two attached hydrogens (primary N) is 1. The Balaban J connectivity index is 2.43. The highest BCUT2D eigenvalue weighted by Crippen LogP contribution is 2.45. The number of ether oxygens (including phenoxy) is 1. The van der Waals surface area contributed by atoms with E-state index in [0.717, 1.165) is 5.69 Å². The standard InChI is InChI=1S/C18H15Cl2N3O2/c1-3-23-9(2)7-13-16(18(23)24)14(10(8-21)17(22)25-13)15-11(19)5-4-6-12(15)20/h4-7,14H,3,22H2,1-2H3. The van der Waals surface area contributed by atoms with E-state index in [4.69, 9.17) is 33.7 Å². The van der Waals surface area contributed by atoms with E-state index >= 15 is 0 Å². The number of benzene rings is 1. The van der Waals surface area contributed by atoms with Gasteiger partial charge in [0.15, 0.2) is 0 Å². The quantitative estimate of drug-likeness (QED) is 0.867. The van der Waals surface area contributed by atoms with Crippen molar-refractivity contribution in [2.45, 2.75) is 26.3 Å². The van der Waals surface area contributed by atoms with Crippen molar-refractivity contribution in [1.29, 1.82) is 5.26 Å². The van der Waals surface area contributed by atoms with Crippen molar-refractivity contribution in [2.75, 3.05) is 0 Å². The van der Waals surface area contributed by atoms with Crippen molar-refractivity contribution in [3.05, 3.63) is 72.9 Å². The molecule has 25 heavy (non-hydrogen) atoms. The minimum atomic E-state index is -0.777. The van der Waals surface area contributed by atoms with Gasteiger partial charge in [0.05, 0.1) is 11.5 Å².